The summed E-state index contributed by atoms with van der Waals surface area (Å²) >= 11 is 0. The van der Waals surface area contributed by atoms with Gasteiger partial charge in [0, 0.05) is 6.42 Å². The third-order valence-corrected chi connectivity index (χ3v) is 5.60. The van der Waals surface area contributed by atoms with Gasteiger partial charge in [0.2, 0.25) is 0 Å². The first-order valence-electron chi connectivity index (χ1n) is 8.09. The minimum absolute atomic E-state index is 0.0740. The van der Waals surface area contributed by atoms with Crippen molar-refractivity contribution in [1.29, 1.82) is 0 Å². The molecular formula is C19H19FN2O. The maximum absolute atomic E-state index is 13.1. The highest BCUT2D eigenvalue weighted by Gasteiger charge is 2.45. The van der Waals surface area contributed by atoms with E-state index in [1.54, 1.807) is 12.1 Å². The number of hydrogen-bond donors (Lipinski definition) is 0. The fourth-order valence-electron chi connectivity index (χ4n) is 4.22. The Labute approximate surface area is 134 Å². The molecule has 1 fully saturated rings. The molecule has 0 bridgehead atoms. The monoisotopic (exact) mass is 310 g/mol. The Kier molecular flexibility index (Phi) is 3.22. The van der Waals surface area contributed by atoms with E-state index in [-0.39, 0.29) is 11.2 Å². The number of halogens is 1. The Morgan fingerprint density at radius 2 is 2.17 bits per heavy atom. The summed E-state index contributed by atoms with van der Waals surface area (Å²) in [7, 11) is 0. The van der Waals surface area contributed by atoms with E-state index in [1.165, 1.54) is 23.3 Å². The standard InChI is InChI=1S/C19H19FN2O/c1-19-11-13-12-21-22(17-6-4-16(20)5-7-17)18(13)10-15(19)3-2-14(19)8-9-23/h4-7,9-10,12,14H,2-3,8,11H2,1H3. The minimum atomic E-state index is -0.242. The molecule has 2 atom stereocenters. The van der Waals surface area contributed by atoms with E-state index in [4.69, 9.17) is 0 Å². The molecule has 2 aliphatic rings. The Hall–Kier alpha value is -2.23. The van der Waals surface area contributed by atoms with Crippen LogP contribution in [0.4, 0.5) is 4.39 Å². The lowest BCUT2D eigenvalue weighted by molar-refractivity contribution is -0.109. The highest BCUT2D eigenvalue weighted by Crippen LogP contribution is 2.53. The summed E-state index contributed by atoms with van der Waals surface area (Å²) < 4.78 is 15.0. The van der Waals surface area contributed by atoms with Gasteiger partial charge in [0.1, 0.15) is 12.1 Å². The average molecular weight is 310 g/mol. The highest BCUT2D eigenvalue weighted by atomic mass is 19.1. The maximum Gasteiger partial charge on any atom is 0.123 e. The van der Waals surface area contributed by atoms with E-state index in [9.17, 15) is 9.18 Å². The number of aromatic nitrogens is 2. The number of carbonyl (C=O) groups excluding carboxylic acids is 1. The summed E-state index contributed by atoms with van der Waals surface area (Å²) in [5.41, 5.74) is 4.66. The molecular weight excluding hydrogens is 291 g/mol. The summed E-state index contributed by atoms with van der Waals surface area (Å²) in [4.78, 5) is 11.0. The summed E-state index contributed by atoms with van der Waals surface area (Å²) in [5, 5.41) is 4.51. The largest absolute Gasteiger partial charge is 0.303 e. The molecule has 2 unspecified atom stereocenters. The van der Waals surface area contributed by atoms with Crippen LogP contribution in [-0.2, 0) is 11.2 Å². The molecule has 4 rings (SSSR count). The first-order chi connectivity index (χ1) is 11.1. The van der Waals surface area contributed by atoms with Crippen LogP contribution in [0.2, 0.25) is 0 Å². The molecule has 0 N–H and O–H groups in total. The average Bonchev–Trinajstić information content (AvgIpc) is 3.07. The van der Waals surface area contributed by atoms with Crippen LogP contribution in [0, 0.1) is 17.2 Å². The number of fused-ring (bicyclic) bond motifs is 2. The second kappa shape index (κ2) is 5.15. The summed E-state index contributed by atoms with van der Waals surface area (Å²) in [5.74, 6) is 0.182. The molecule has 0 spiro atoms. The van der Waals surface area contributed by atoms with Crippen LogP contribution < -0.4 is 0 Å². The van der Waals surface area contributed by atoms with Gasteiger partial charge in [-0.15, -0.1) is 0 Å². The predicted octanol–water partition coefficient (Wildman–Crippen LogP) is 3.96. The molecule has 23 heavy (non-hydrogen) atoms. The Morgan fingerprint density at radius 1 is 1.39 bits per heavy atom. The lowest BCUT2D eigenvalue weighted by atomic mass is 9.69. The molecule has 0 aliphatic heterocycles. The number of hydrogen-bond acceptors (Lipinski definition) is 2. The molecule has 118 valence electrons. The van der Waals surface area contributed by atoms with Gasteiger partial charge in [-0.3, -0.25) is 0 Å². The topological polar surface area (TPSA) is 34.9 Å². The third-order valence-electron chi connectivity index (χ3n) is 5.60. The molecule has 0 radical (unpaired) electrons. The van der Waals surface area contributed by atoms with Crippen molar-refractivity contribution in [2.45, 2.75) is 32.6 Å². The fourth-order valence-corrected chi connectivity index (χ4v) is 4.22. The molecule has 2 aliphatic carbocycles. The van der Waals surface area contributed by atoms with Crippen LogP contribution >= 0.6 is 0 Å². The first-order valence-corrected chi connectivity index (χ1v) is 8.09. The summed E-state index contributed by atoms with van der Waals surface area (Å²) in [6.45, 7) is 2.28. The second-order valence-corrected chi connectivity index (χ2v) is 6.85. The lowest BCUT2D eigenvalue weighted by Gasteiger charge is -2.35. The zero-order valence-electron chi connectivity index (χ0n) is 13.1. The zero-order valence-corrected chi connectivity index (χ0v) is 13.1. The number of nitrogens with zero attached hydrogens (tertiary/aromatic N) is 2. The molecule has 0 saturated heterocycles. The summed E-state index contributed by atoms with van der Waals surface area (Å²) in [6, 6.07) is 6.41. The predicted molar refractivity (Wildman–Crippen MR) is 86.7 cm³/mol. The lowest BCUT2D eigenvalue weighted by Crippen LogP contribution is -2.29. The SMILES string of the molecule is CC12Cc3cnn(-c4ccc(F)cc4)c3C=C1CCC2CC=O. The van der Waals surface area contributed by atoms with Gasteiger partial charge in [0.25, 0.3) is 0 Å². The van der Waals surface area contributed by atoms with Crippen LogP contribution in [0.1, 0.15) is 37.4 Å². The van der Waals surface area contributed by atoms with Crippen molar-refractivity contribution in [2.75, 3.05) is 0 Å². The maximum atomic E-state index is 13.1. The van der Waals surface area contributed by atoms with Crippen molar-refractivity contribution in [1.82, 2.24) is 9.78 Å². The van der Waals surface area contributed by atoms with E-state index >= 15 is 0 Å². The molecule has 1 heterocycles. The van der Waals surface area contributed by atoms with Crippen LogP contribution in [0.25, 0.3) is 11.8 Å². The Balaban J connectivity index is 1.76. The van der Waals surface area contributed by atoms with Gasteiger partial charge in [-0.25, -0.2) is 9.07 Å². The molecule has 1 aromatic carbocycles. The molecule has 0 amide bonds. The molecule has 1 saturated carbocycles. The van der Waals surface area contributed by atoms with Gasteiger partial charge in [-0.2, -0.15) is 5.10 Å². The van der Waals surface area contributed by atoms with Gasteiger partial charge in [-0.05, 0) is 66.5 Å². The van der Waals surface area contributed by atoms with Crippen LogP contribution in [0.15, 0.2) is 36.0 Å². The first kappa shape index (κ1) is 14.4. The molecule has 2 aromatic rings. The normalized spacial score (nSPS) is 25.7. The van der Waals surface area contributed by atoms with Crippen molar-refractivity contribution in [3.8, 4) is 5.69 Å². The minimum Gasteiger partial charge on any atom is -0.303 e. The van der Waals surface area contributed by atoms with Crippen molar-refractivity contribution >= 4 is 12.4 Å². The van der Waals surface area contributed by atoms with E-state index in [2.05, 4.69) is 18.1 Å². The number of aldehydes is 1. The van der Waals surface area contributed by atoms with Gasteiger partial charge in [0.15, 0.2) is 0 Å². The van der Waals surface area contributed by atoms with E-state index in [0.29, 0.717) is 12.3 Å². The molecule has 1 aromatic heterocycles. The van der Waals surface area contributed by atoms with Crippen molar-refractivity contribution in [3.63, 3.8) is 0 Å². The van der Waals surface area contributed by atoms with Crippen molar-refractivity contribution < 1.29 is 9.18 Å². The number of rotatable bonds is 3. The van der Waals surface area contributed by atoms with Gasteiger partial charge >= 0.3 is 0 Å². The third kappa shape index (κ3) is 2.16. The van der Waals surface area contributed by atoms with Gasteiger partial charge in [-0.1, -0.05) is 12.5 Å². The summed E-state index contributed by atoms with van der Waals surface area (Å²) in [6.07, 6.45) is 8.88. The van der Waals surface area contributed by atoms with E-state index in [0.717, 1.165) is 36.9 Å². The molecule has 3 nitrogen and oxygen atoms in total. The number of carbonyl (C=O) groups is 1. The Bertz CT molecular complexity index is 790. The quantitative estimate of drug-likeness (QED) is 0.804. The number of allylic oxidation sites excluding steroid dienone is 1. The van der Waals surface area contributed by atoms with E-state index in [1.807, 2.05) is 10.9 Å². The smallest absolute Gasteiger partial charge is 0.123 e. The van der Waals surface area contributed by atoms with Crippen LogP contribution in [-0.4, -0.2) is 16.1 Å². The zero-order chi connectivity index (χ0) is 16.0. The van der Waals surface area contributed by atoms with E-state index < -0.39 is 0 Å². The highest BCUT2D eigenvalue weighted by molar-refractivity contribution is 5.62. The van der Waals surface area contributed by atoms with Crippen LogP contribution in [0.3, 0.4) is 0 Å². The fraction of sp³-hybridized carbons (Fsp3) is 0.368. The Morgan fingerprint density at radius 3 is 2.91 bits per heavy atom. The van der Waals surface area contributed by atoms with Gasteiger partial charge < -0.3 is 4.79 Å². The van der Waals surface area contributed by atoms with Crippen molar-refractivity contribution in [2.24, 2.45) is 11.3 Å². The van der Waals surface area contributed by atoms with Crippen LogP contribution in [0.5, 0.6) is 0 Å². The molecule has 4 heteroatoms. The number of benzene rings is 1. The van der Waals surface area contributed by atoms with Crippen molar-refractivity contribution in [3.05, 3.63) is 53.1 Å². The second-order valence-electron chi connectivity index (χ2n) is 6.85. The van der Waals surface area contributed by atoms with Gasteiger partial charge in [0.05, 0.1) is 17.6 Å².